The van der Waals surface area contributed by atoms with Gasteiger partial charge in [-0.1, -0.05) is 19.9 Å². The predicted molar refractivity (Wildman–Crippen MR) is 160 cm³/mol. The molecule has 0 spiro atoms. The van der Waals surface area contributed by atoms with Gasteiger partial charge >= 0.3 is 5.41 Å². The molecule has 0 aromatic heterocycles. The second-order valence-corrected chi connectivity index (χ2v) is 9.55. The predicted octanol–water partition coefficient (Wildman–Crippen LogP) is 7.60. The average molecular weight is 823 g/mol. The number of ether oxygens (including phenoxy) is 2. The summed E-state index contributed by atoms with van der Waals surface area (Å²) in [5.41, 5.74) is 6.97. The maximum absolute atomic E-state index is 11.8. The molecule has 183 valence electrons. The third-order valence-corrected chi connectivity index (χ3v) is 8.04. The summed E-state index contributed by atoms with van der Waals surface area (Å²) in [6.07, 6.45) is 4.85. The molecule has 0 bridgehead atoms. The molecule has 4 aliphatic rings. The summed E-state index contributed by atoms with van der Waals surface area (Å²) >= 11 is 9.95. The Bertz CT molecular complexity index is 1090. The van der Waals surface area contributed by atoms with E-state index in [0.717, 1.165) is 80.6 Å². The van der Waals surface area contributed by atoms with Crippen LogP contribution in [0.25, 0.3) is 0 Å². The molecule has 0 unspecified atom stereocenters. The minimum atomic E-state index is 0.264. The van der Waals surface area contributed by atoms with Crippen LogP contribution in [0.3, 0.4) is 0 Å². The maximum atomic E-state index is 11.8. The highest BCUT2D eigenvalue weighted by atomic mass is 127. The lowest BCUT2D eigenvalue weighted by atomic mass is 10.0. The van der Waals surface area contributed by atoms with E-state index < -0.39 is 0 Å². The summed E-state index contributed by atoms with van der Waals surface area (Å²) in [4.78, 5) is 23.4. The van der Waals surface area contributed by atoms with Crippen LogP contribution in [0.4, 0.5) is 4.32 Å². The van der Waals surface area contributed by atoms with E-state index >= 15 is 0 Å². The van der Waals surface area contributed by atoms with Crippen LogP contribution in [-0.2, 0) is 25.7 Å². The average Bonchev–Trinajstić information content (AvgIpc) is 3.67. The highest BCUT2D eigenvalue weighted by molar-refractivity contribution is 14.1. The minimum absolute atomic E-state index is 0.264. The van der Waals surface area contributed by atoms with Gasteiger partial charge in [-0.15, -0.1) is 46.2 Å². The van der Waals surface area contributed by atoms with Crippen LogP contribution >= 0.6 is 78.0 Å². The number of fused-ring (bicyclic) bond motifs is 6. The van der Waals surface area contributed by atoms with Gasteiger partial charge in [0, 0.05) is 52.4 Å². The summed E-state index contributed by atoms with van der Waals surface area (Å²) < 4.78 is 28.8. The van der Waals surface area contributed by atoms with Crippen molar-refractivity contribution in [3.05, 3.63) is 54.5 Å². The van der Waals surface area contributed by atoms with E-state index in [1.165, 1.54) is 51.7 Å². The fraction of sp³-hybridized carbons (Fsp3) is 0.417. The molecule has 2 aliphatic carbocycles. The van der Waals surface area contributed by atoms with Gasteiger partial charge in [0.05, 0.1) is 17.7 Å². The highest BCUT2D eigenvalue weighted by Gasteiger charge is 2.32. The summed E-state index contributed by atoms with van der Waals surface area (Å²) in [6, 6.07) is 4.03. The van der Waals surface area contributed by atoms with Gasteiger partial charge in [-0.2, -0.15) is 0 Å². The van der Waals surface area contributed by atoms with Crippen molar-refractivity contribution in [2.45, 2.75) is 52.4 Å². The lowest BCUT2D eigenvalue weighted by Crippen LogP contribution is -1.98. The first-order chi connectivity index (χ1) is 17.0. The molecule has 2 aromatic carbocycles. The summed E-state index contributed by atoms with van der Waals surface area (Å²) in [7, 11) is 0. The smallest absolute Gasteiger partial charge is 0.433 e. The van der Waals surface area contributed by atoms with Crippen LogP contribution in [0.5, 0.6) is 11.5 Å². The number of hydrogen-bond donors (Lipinski definition) is 0. The number of rotatable bonds is 0. The molecular formula is C24H25BBr2FI2O4. The Morgan fingerprint density at radius 3 is 2.18 bits per heavy atom. The molecule has 0 N–H and O–H groups in total. The van der Waals surface area contributed by atoms with E-state index in [1.54, 1.807) is 0 Å². The van der Waals surface area contributed by atoms with Crippen molar-refractivity contribution >= 4 is 95.0 Å². The summed E-state index contributed by atoms with van der Waals surface area (Å²) in [6.45, 7) is 5.42. The van der Waals surface area contributed by atoms with Crippen molar-refractivity contribution in [1.82, 2.24) is 0 Å². The molecule has 0 fully saturated rings. The fourth-order valence-electron chi connectivity index (χ4n) is 4.60. The quantitative estimate of drug-likeness (QED) is 0.203. The van der Waals surface area contributed by atoms with Gasteiger partial charge in [-0.3, -0.25) is 9.59 Å². The van der Waals surface area contributed by atoms with Crippen LogP contribution in [0, 0.1) is 0 Å². The normalized spacial score (nSPS) is 15.6. The zero-order chi connectivity index (χ0) is 26.1. The van der Waals surface area contributed by atoms with E-state index in [9.17, 15) is 13.9 Å². The molecule has 2 heterocycles. The van der Waals surface area contributed by atoms with Crippen LogP contribution in [0.2, 0.25) is 0 Å². The minimum Gasteiger partial charge on any atom is -0.493 e. The summed E-state index contributed by atoms with van der Waals surface area (Å²) in [5.74, 6) is 2.35. The largest absolute Gasteiger partial charge is 0.493 e. The molecule has 6 rings (SSSR count). The van der Waals surface area contributed by atoms with Crippen molar-refractivity contribution in [3.63, 3.8) is 0 Å². The van der Waals surface area contributed by atoms with Gasteiger partial charge in [0.15, 0.2) is 11.6 Å². The van der Waals surface area contributed by atoms with Crippen molar-refractivity contribution in [3.8, 4) is 11.5 Å². The van der Waals surface area contributed by atoms with Gasteiger partial charge < -0.3 is 13.8 Å². The molecule has 0 saturated carbocycles. The van der Waals surface area contributed by atoms with E-state index in [-0.39, 0.29) is 5.78 Å². The molecule has 2 aromatic rings. The number of aryl methyl sites for hydroxylation is 1. The zero-order valence-corrected chi connectivity index (χ0v) is 26.4. The van der Waals surface area contributed by atoms with E-state index in [4.69, 9.17) is 10.1 Å². The van der Waals surface area contributed by atoms with Gasteiger partial charge in [0.25, 0.3) is 0 Å². The number of carbonyl (C=O) groups excluding carboxylic acids is 2. The second-order valence-electron chi connectivity index (χ2n) is 7.49. The SMILES string of the molecule is CC.F[B]I.O=C1CCc2c(Br)c(Br)c3c(c21)CCO3.O=C1CCc2ccc3c(c21)CCO3.[3H]I. The molecule has 1 radical (unpaired) electrons. The van der Waals surface area contributed by atoms with Gasteiger partial charge in [0.2, 0.25) is 0 Å². The zero-order valence-electron chi connectivity index (χ0n) is 19.9. The van der Waals surface area contributed by atoms with Crippen molar-refractivity contribution in [2.24, 2.45) is 0 Å². The summed E-state index contributed by atoms with van der Waals surface area (Å²) in [5, 5.41) is 0. The van der Waals surface area contributed by atoms with E-state index in [1.807, 2.05) is 26.0 Å². The molecular weight excluding hydrogens is 796 g/mol. The van der Waals surface area contributed by atoms with Gasteiger partial charge in [0.1, 0.15) is 12.1 Å². The van der Waals surface area contributed by atoms with Crippen LogP contribution < -0.4 is 9.47 Å². The molecule has 0 saturated heterocycles. The first kappa shape index (κ1) is 28.4. The highest BCUT2D eigenvalue weighted by Crippen LogP contribution is 2.46. The van der Waals surface area contributed by atoms with Gasteiger partial charge in [-0.25, -0.2) is 0 Å². The number of ketones is 2. The van der Waals surface area contributed by atoms with E-state index in [0.29, 0.717) is 30.6 Å². The van der Waals surface area contributed by atoms with Crippen molar-refractivity contribution in [2.75, 3.05) is 13.2 Å². The fourth-order valence-corrected chi connectivity index (χ4v) is 5.77. The molecule has 10 heteroatoms. The Kier molecular flexibility index (Phi) is 11.6. The Morgan fingerprint density at radius 1 is 0.882 bits per heavy atom. The third-order valence-electron chi connectivity index (χ3n) is 5.88. The monoisotopic (exact) mass is 821 g/mol. The molecule has 2 aliphatic heterocycles. The number of Topliss-reactive ketones (excluding diaryl/α,β-unsaturated/α-hetero) is 2. The Labute approximate surface area is 248 Å². The van der Waals surface area contributed by atoms with Gasteiger partial charge in [-0.05, 0) is 61.9 Å². The molecule has 34 heavy (non-hydrogen) atoms. The van der Waals surface area contributed by atoms with Crippen LogP contribution in [0.15, 0.2) is 21.1 Å². The molecule has 4 nitrogen and oxygen atoms in total. The molecule has 0 atom stereocenters. The first-order valence-corrected chi connectivity index (χ1v) is 13.8. The standard InChI is InChI=1S/C11H8Br2O2.C11H10O2.C2H6.BFI.HI/c12-9-5-1-2-7(14)8(5)6-3-4-15-11(6)10(9)13;12-9-3-1-7-2-4-10-8(11(7)9)5-6-13-10;1-2;2-1-3;/h1-4H2;2,4H,1,3,5-6H2;1-2H3;;1H/i/hT. The number of halogens is 5. The Hall–Kier alpha value is -0.205. The second kappa shape index (κ2) is 13.9. The van der Waals surface area contributed by atoms with Crippen molar-refractivity contribution in [1.29, 1.82) is 0.594 Å². The number of benzene rings is 2. The lowest BCUT2D eigenvalue weighted by molar-refractivity contribution is 0.0986. The van der Waals surface area contributed by atoms with Crippen LogP contribution in [-0.4, -0.2) is 30.8 Å². The maximum Gasteiger partial charge on any atom is 0.433 e. The molecule has 0 amide bonds. The van der Waals surface area contributed by atoms with Crippen molar-refractivity contribution < 1.29 is 23.4 Å². The first-order valence-electron chi connectivity index (χ1n) is 11.4. The Morgan fingerprint density at radius 2 is 1.47 bits per heavy atom. The topological polar surface area (TPSA) is 52.6 Å². The number of hydrogen-bond acceptors (Lipinski definition) is 4. The Balaban J connectivity index is 0.000000199. The third kappa shape index (κ3) is 6.02. The van der Waals surface area contributed by atoms with Crippen LogP contribution in [0.1, 0.15) is 69.7 Å². The lowest BCUT2D eigenvalue weighted by Gasteiger charge is -2.10. The van der Waals surface area contributed by atoms with E-state index in [2.05, 4.69) is 31.9 Å². The number of carbonyl (C=O) groups is 2.